The molecule has 146 valence electrons. The van der Waals surface area contributed by atoms with E-state index in [9.17, 15) is 14.0 Å². The first-order chi connectivity index (χ1) is 14.0. The minimum atomic E-state index is -0.441. The van der Waals surface area contributed by atoms with Gasteiger partial charge in [-0.2, -0.15) is 10.4 Å². The molecule has 1 saturated carbocycles. The number of pyridine rings is 1. The Morgan fingerprint density at radius 3 is 2.79 bits per heavy atom. The number of aromatic nitrogens is 3. The van der Waals surface area contributed by atoms with Gasteiger partial charge in [-0.25, -0.2) is 4.39 Å². The Morgan fingerprint density at radius 2 is 2.14 bits per heavy atom. The van der Waals surface area contributed by atoms with Crippen LogP contribution in [0.1, 0.15) is 54.2 Å². The van der Waals surface area contributed by atoms with Crippen LogP contribution in [-0.4, -0.2) is 21.1 Å². The first kappa shape index (κ1) is 18.7. The summed E-state index contributed by atoms with van der Waals surface area (Å²) >= 11 is 0. The van der Waals surface area contributed by atoms with Gasteiger partial charge >= 0.3 is 0 Å². The van der Waals surface area contributed by atoms with Crippen molar-refractivity contribution in [2.45, 2.75) is 38.1 Å². The minimum Gasteiger partial charge on any atom is -0.348 e. The molecule has 2 N–H and O–H groups in total. The molecule has 8 heteroatoms. The molecule has 2 heterocycles. The molecular formula is C21H18FN5O2. The number of nitriles is 1. The number of halogens is 1. The third-order valence-electron chi connectivity index (χ3n) is 5.06. The summed E-state index contributed by atoms with van der Waals surface area (Å²) in [6.45, 7) is 1.75. The molecule has 1 fully saturated rings. The summed E-state index contributed by atoms with van der Waals surface area (Å²) < 4.78 is 13.8. The number of amides is 1. The summed E-state index contributed by atoms with van der Waals surface area (Å²) in [5, 5.41) is 19.9. The van der Waals surface area contributed by atoms with E-state index in [0.29, 0.717) is 22.2 Å². The molecule has 7 nitrogen and oxygen atoms in total. The van der Waals surface area contributed by atoms with Crippen molar-refractivity contribution in [3.05, 3.63) is 69.0 Å². The van der Waals surface area contributed by atoms with Crippen LogP contribution < -0.4 is 10.9 Å². The second kappa shape index (κ2) is 7.43. The van der Waals surface area contributed by atoms with Crippen molar-refractivity contribution < 1.29 is 9.18 Å². The van der Waals surface area contributed by atoms with E-state index in [1.807, 2.05) is 6.07 Å². The van der Waals surface area contributed by atoms with Crippen molar-refractivity contribution in [1.82, 2.24) is 20.5 Å². The van der Waals surface area contributed by atoms with E-state index in [0.717, 1.165) is 18.4 Å². The molecule has 0 radical (unpaired) electrons. The van der Waals surface area contributed by atoms with Gasteiger partial charge in [-0.1, -0.05) is 0 Å². The molecule has 1 atom stereocenters. The number of nitrogens with zero attached hydrogens (tertiary/aromatic N) is 3. The Balaban J connectivity index is 1.61. The number of carbonyl (C=O) groups excluding carboxylic acids is 1. The molecule has 1 aromatic carbocycles. The predicted octanol–water partition coefficient (Wildman–Crippen LogP) is 2.63. The number of rotatable bonds is 5. The molecule has 2 aromatic heterocycles. The first-order valence-electron chi connectivity index (χ1n) is 9.33. The zero-order valence-electron chi connectivity index (χ0n) is 15.7. The van der Waals surface area contributed by atoms with Crippen molar-refractivity contribution in [3.63, 3.8) is 0 Å². The Hall–Kier alpha value is -3.60. The molecular weight excluding hydrogens is 373 g/mol. The van der Waals surface area contributed by atoms with Gasteiger partial charge in [-0.3, -0.25) is 9.59 Å². The van der Waals surface area contributed by atoms with Crippen LogP contribution in [0.15, 0.2) is 35.1 Å². The quantitative estimate of drug-likeness (QED) is 0.694. The summed E-state index contributed by atoms with van der Waals surface area (Å²) in [4.78, 5) is 28.0. The zero-order valence-corrected chi connectivity index (χ0v) is 15.7. The summed E-state index contributed by atoms with van der Waals surface area (Å²) in [5.41, 5.74) is 2.09. The Bertz CT molecular complexity index is 1190. The highest BCUT2D eigenvalue weighted by atomic mass is 19.1. The van der Waals surface area contributed by atoms with Crippen LogP contribution in [0.25, 0.3) is 10.9 Å². The highest BCUT2D eigenvalue weighted by molar-refractivity contribution is 5.87. The molecule has 0 spiro atoms. The molecule has 0 bridgehead atoms. The Kier molecular flexibility index (Phi) is 4.80. The molecule has 1 aliphatic rings. The van der Waals surface area contributed by atoms with E-state index < -0.39 is 6.04 Å². The third kappa shape index (κ3) is 3.85. The van der Waals surface area contributed by atoms with Gasteiger partial charge in [0.05, 0.1) is 18.2 Å². The molecule has 0 saturated heterocycles. The van der Waals surface area contributed by atoms with Crippen LogP contribution in [0.3, 0.4) is 0 Å². The van der Waals surface area contributed by atoms with Crippen molar-refractivity contribution in [2.75, 3.05) is 0 Å². The SMILES string of the molecule is C[C@H](NC(=O)Cc1c(C2CC2)c2cc(F)ccc2[nH]c1=O)c1ccc(C#N)nn1. The maximum atomic E-state index is 13.8. The van der Waals surface area contributed by atoms with Crippen LogP contribution in [-0.2, 0) is 11.2 Å². The van der Waals surface area contributed by atoms with E-state index >= 15 is 0 Å². The topological polar surface area (TPSA) is 112 Å². The van der Waals surface area contributed by atoms with Crippen LogP contribution in [0, 0.1) is 17.1 Å². The second-order valence-corrected chi connectivity index (χ2v) is 7.23. The highest BCUT2D eigenvalue weighted by Gasteiger charge is 2.30. The molecule has 1 aliphatic carbocycles. The largest absolute Gasteiger partial charge is 0.348 e. The van der Waals surface area contributed by atoms with Gasteiger partial charge in [0.15, 0.2) is 5.69 Å². The fourth-order valence-corrected chi connectivity index (χ4v) is 3.50. The lowest BCUT2D eigenvalue weighted by Crippen LogP contribution is -2.31. The van der Waals surface area contributed by atoms with Crippen molar-refractivity contribution in [2.24, 2.45) is 0 Å². The van der Waals surface area contributed by atoms with Crippen LogP contribution in [0.2, 0.25) is 0 Å². The van der Waals surface area contributed by atoms with E-state index in [1.165, 1.54) is 18.2 Å². The lowest BCUT2D eigenvalue weighted by molar-refractivity contribution is -0.121. The lowest BCUT2D eigenvalue weighted by atomic mass is 9.96. The maximum absolute atomic E-state index is 13.8. The van der Waals surface area contributed by atoms with E-state index in [4.69, 9.17) is 5.26 Å². The monoisotopic (exact) mass is 391 g/mol. The number of nitrogens with one attached hydrogen (secondary N) is 2. The second-order valence-electron chi connectivity index (χ2n) is 7.23. The van der Waals surface area contributed by atoms with E-state index in [-0.39, 0.29) is 35.3 Å². The van der Waals surface area contributed by atoms with Crippen LogP contribution in [0.4, 0.5) is 4.39 Å². The summed E-state index contributed by atoms with van der Waals surface area (Å²) in [6.07, 6.45) is 1.73. The molecule has 0 unspecified atom stereocenters. The summed E-state index contributed by atoms with van der Waals surface area (Å²) in [7, 11) is 0. The number of aromatic amines is 1. The van der Waals surface area contributed by atoms with Gasteiger partial charge in [0.1, 0.15) is 11.9 Å². The number of H-pyrrole nitrogens is 1. The number of hydrogen-bond donors (Lipinski definition) is 2. The smallest absolute Gasteiger partial charge is 0.252 e. The number of hydrogen-bond acceptors (Lipinski definition) is 5. The third-order valence-corrected chi connectivity index (χ3v) is 5.06. The maximum Gasteiger partial charge on any atom is 0.252 e. The number of carbonyl (C=O) groups is 1. The Labute approximate surface area is 165 Å². The standard InChI is InChI=1S/C21H18FN5O2/c1-11(17-7-5-14(10-23)26-27-17)24-19(28)9-16-20(12-2-3-12)15-8-13(22)4-6-18(15)25-21(16)29/h4-8,11-12H,2-3,9H2,1H3,(H,24,28)(H,25,29)/t11-/m0/s1. The van der Waals surface area contributed by atoms with Gasteiger partial charge in [0.25, 0.3) is 5.56 Å². The summed E-state index contributed by atoms with van der Waals surface area (Å²) in [6, 6.07) is 8.87. The Morgan fingerprint density at radius 1 is 1.34 bits per heavy atom. The van der Waals surface area contributed by atoms with Crippen LogP contribution >= 0.6 is 0 Å². The number of fused-ring (bicyclic) bond motifs is 1. The molecule has 3 aromatic rings. The molecule has 0 aliphatic heterocycles. The van der Waals surface area contributed by atoms with Crippen LogP contribution in [0.5, 0.6) is 0 Å². The molecule has 29 heavy (non-hydrogen) atoms. The van der Waals surface area contributed by atoms with Gasteiger partial charge in [-0.05, 0) is 61.6 Å². The average molecular weight is 391 g/mol. The van der Waals surface area contributed by atoms with Gasteiger partial charge in [0, 0.05) is 16.5 Å². The van der Waals surface area contributed by atoms with Crippen molar-refractivity contribution in [3.8, 4) is 6.07 Å². The predicted molar refractivity (Wildman–Crippen MR) is 104 cm³/mol. The zero-order chi connectivity index (χ0) is 20.5. The van der Waals surface area contributed by atoms with E-state index in [2.05, 4.69) is 20.5 Å². The van der Waals surface area contributed by atoms with Crippen molar-refractivity contribution >= 4 is 16.8 Å². The van der Waals surface area contributed by atoms with Gasteiger partial charge < -0.3 is 10.3 Å². The highest BCUT2D eigenvalue weighted by Crippen LogP contribution is 2.44. The summed E-state index contributed by atoms with van der Waals surface area (Å²) in [5.74, 6) is -0.548. The first-order valence-corrected chi connectivity index (χ1v) is 9.33. The molecule has 1 amide bonds. The fraction of sp³-hybridized carbons (Fsp3) is 0.286. The van der Waals surface area contributed by atoms with Gasteiger partial charge in [-0.15, -0.1) is 5.10 Å². The van der Waals surface area contributed by atoms with E-state index in [1.54, 1.807) is 19.1 Å². The minimum absolute atomic E-state index is 0.109. The normalized spacial score (nSPS) is 14.4. The van der Waals surface area contributed by atoms with Crippen molar-refractivity contribution in [1.29, 1.82) is 5.26 Å². The fourth-order valence-electron chi connectivity index (χ4n) is 3.50. The molecule has 4 rings (SSSR count). The van der Waals surface area contributed by atoms with Gasteiger partial charge in [0.2, 0.25) is 5.91 Å². The average Bonchev–Trinajstić information content (AvgIpc) is 3.54. The lowest BCUT2D eigenvalue weighted by Gasteiger charge is -2.15. The number of benzene rings is 1.